The third-order valence-corrected chi connectivity index (χ3v) is 4.55. The van der Waals surface area contributed by atoms with Crippen LogP contribution in [-0.2, 0) is 6.54 Å². The first kappa shape index (κ1) is 11.8. The number of hydrogen-bond donors (Lipinski definition) is 1. The number of hydrogen-bond acceptors (Lipinski definition) is 3. The van der Waals surface area contributed by atoms with Gasteiger partial charge in [-0.1, -0.05) is 18.2 Å². The van der Waals surface area contributed by atoms with Crippen molar-refractivity contribution in [2.45, 2.75) is 17.4 Å². The molecule has 1 aliphatic rings. The number of thioether (sulfide) groups is 1. The van der Waals surface area contributed by atoms with Crippen LogP contribution >= 0.6 is 11.8 Å². The monoisotopic (exact) mass is 259 g/mol. The fourth-order valence-electron chi connectivity index (χ4n) is 2.30. The summed E-state index contributed by atoms with van der Waals surface area (Å²) in [5.41, 5.74) is 1.51. The predicted molar refractivity (Wildman–Crippen MR) is 75.0 cm³/mol. The molecule has 18 heavy (non-hydrogen) atoms. The van der Waals surface area contributed by atoms with Gasteiger partial charge in [0.15, 0.2) is 0 Å². The third kappa shape index (κ3) is 2.60. The second kappa shape index (κ2) is 5.59. The van der Waals surface area contributed by atoms with Crippen LogP contribution < -0.4 is 5.32 Å². The fourth-order valence-corrected chi connectivity index (χ4v) is 3.56. The van der Waals surface area contributed by atoms with E-state index in [1.54, 1.807) is 0 Å². The van der Waals surface area contributed by atoms with E-state index in [2.05, 4.69) is 39.1 Å². The van der Waals surface area contributed by atoms with Gasteiger partial charge >= 0.3 is 0 Å². The predicted octanol–water partition coefficient (Wildman–Crippen LogP) is 2.36. The highest BCUT2D eigenvalue weighted by Gasteiger charge is 2.21. The van der Waals surface area contributed by atoms with Crippen molar-refractivity contribution in [1.29, 1.82) is 0 Å². The number of benzene rings is 1. The first-order valence-corrected chi connectivity index (χ1v) is 7.30. The molecule has 3 rings (SSSR count). The maximum Gasteiger partial charge on any atom is 0.0946 e. The lowest BCUT2D eigenvalue weighted by Gasteiger charge is -2.12. The van der Waals surface area contributed by atoms with Crippen molar-refractivity contribution in [1.82, 2.24) is 14.9 Å². The van der Waals surface area contributed by atoms with Gasteiger partial charge in [-0.15, -0.1) is 11.8 Å². The largest absolute Gasteiger partial charge is 0.336 e. The second-order valence-corrected chi connectivity index (χ2v) is 5.61. The van der Waals surface area contributed by atoms with Gasteiger partial charge in [-0.3, -0.25) is 0 Å². The number of fused-ring (bicyclic) bond motifs is 1. The zero-order chi connectivity index (χ0) is 12.2. The van der Waals surface area contributed by atoms with Crippen LogP contribution in [0.1, 0.15) is 11.5 Å². The molecule has 0 saturated carbocycles. The molecule has 4 heteroatoms. The van der Waals surface area contributed by atoms with Crippen LogP contribution in [0.4, 0.5) is 0 Å². The van der Waals surface area contributed by atoms with Gasteiger partial charge in [0.25, 0.3) is 0 Å². The first-order valence-electron chi connectivity index (χ1n) is 6.31. The summed E-state index contributed by atoms with van der Waals surface area (Å²) in [4.78, 5) is 5.50. The molecular formula is C14H17N3S. The molecule has 0 fully saturated rings. The van der Waals surface area contributed by atoms with Crippen LogP contribution in [0.2, 0.25) is 0 Å². The Morgan fingerprint density at radius 3 is 3.22 bits per heavy atom. The molecule has 1 aromatic carbocycles. The summed E-state index contributed by atoms with van der Waals surface area (Å²) in [6.07, 6.45) is 5.69. The van der Waals surface area contributed by atoms with E-state index in [-0.39, 0.29) is 0 Å². The Bertz CT molecular complexity index is 496. The van der Waals surface area contributed by atoms with Gasteiger partial charge in [0.2, 0.25) is 0 Å². The Hall–Kier alpha value is -1.26. The van der Waals surface area contributed by atoms with Crippen molar-refractivity contribution in [2.24, 2.45) is 0 Å². The van der Waals surface area contributed by atoms with Gasteiger partial charge in [0.05, 0.1) is 6.33 Å². The zero-order valence-corrected chi connectivity index (χ0v) is 11.1. The van der Waals surface area contributed by atoms with Gasteiger partial charge < -0.3 is 9.88 Å². The minimum atomic E-state index is 0.661. The second-order valence-electron chi connectivity index (χ2n) is 4.55. The molecule has 1 atom stereocenters. The minimum absolute atomic E-state index is 0.661. The number of imidazole rings is 1. The summed E-state index contributed by atoms with van der Waals surface area (Å²) in [7, 11) is 0. The van der Waals surface area contributed by atoms with E-state index in [1.807, 2.05) is 30.5 Å². The summed E-state index contributed by atoms with van der Waals surface area (Å²) in [5.74, 6) is 1.87. The number of aromatic nitrogens is 2. The lowest BCUT2D eigenvalue weighted by Crippen LogP contribution is -2.25. The summed E-state index contributed by atoms with van der Waals surface area (Å²) in [6.45, 7) is 3.06. The van der Waals surface area contributed by atoms with E-state index >= 15 is 0 Å². The van der Waals surface area contributed by atoms with E-state index < -0.39 is 0 Å². The summed E-state index contributed by atoms with van der Waals surface area (Å²) in [6, 6.07) is 8.76. The molecule has 94 valence electrons. The first-order chi connectivity index (χ1) is 8.93. The Morgan fingerprint density at radius 1 is 1.39 bits per heavy atom. The normalized spacial score (nSPS) is 17.9. The molecule has 1 N–H and O–H groups in total. The van der Waals surface area contributed by atoms with E-state index in [9.17, 15) is 0 Å². The smallest absolute Gasteiger partial charge is 0.0946 e. The maximum absolute atomic E-state index is 4.04. The van der Waals surface area contributed by atoms with Crippen molar-refractivity contribution in [3.05, 3.63) is 48.5 Å². The van der Waals surface area contributed by atoms with Crippen molar-refractivity contribution < 1.29 is 0 Å². The van der Waals surface area contributed by atoms with Gasteiger partial charge in [0, 0.05) is 48.6 Å². The average Bonchev–Trinajstić information content (AvgIpc) is 3.04. The van der Waals surface area contributed by atoms with Gasteiger partial charge in [-0.25, -0.2) is 4.98 Å². The molecule has 1 aliphatic heterocycles. The molecule has 3 nitrogen and oxygen atoms in total. The Morgan fingerprint density at radius 2 is 2.33 bits per heavy atom. The van der Waals surface area contributed by atoms with E-state index in [1.165, 1.54) is 16.2 Å². The molecule has 1 unspecified atom stereocenters. The number of rotatable bonds is 5. The van der Waals surface area contributed by atoms with Crippen LogP contribution in [-0.4, -0.2) is 28.4 Å². The SMILES string of the molecule is c1ccc2c(c1)SCC2CNCCn1ccnc1. The van der Waals surface area contributed by atoms with Crippen molar-refractivity contribution in [2.75, 3.05) is 18.8 Å². The van der Waals surface area contributed by atoms with Crippen molar-refractivity contribution >= 4 is 11.8 Å². The number of nitrogens with one attached hydrogen (secondary N) is 1. The van der Waals surface area contributed by atoms with E-state index in [4.69, 9.17) is 0 Å². The fraction of sp³-hybridized carbons (Fsp3) is 0.357. The van der Waals surface area contributed by atoms with Gasteiger partial charge in [-0.05, 0) is 11.6 Å². The molecule has 0 saturated heterocycles. The van der Waals surface area contributed by atoms with Crippen LogP contribution in [0.25, 0.3) is 0 Å². The lowest BCUT2D eigenvalue weighted by atomic mass is 10.0. The molecular weight excluding hydrogens is 242 g/mol. The van der Waals surface area contributed by atoms with Crippen molar-refractivity contribution in [3.63, 3.8) is 0 Å². The van der Waals surface area contributed by atoms with Gasteiger partial charge in [-0.2, -0.15) is 0 Å². The number of nitrogens with zero attached hydrogens (tertiary/aromatic N) is 2. The lowest BCUT2D eigenvalue weighted by molar-refractivity contribution is 0.568. The highest BCUT2D eigenvalue weighted by atomic mass is 32.2. The maximum atomic E-state index is 4.04. The molecule has 0 aliphatic carbocycles. The van der Waals surface area contributed by atoms with Crippen LogP contribution in [0, 0.1) is 0 Å². The van der Waals surface area contributed by atoms with Crippen LogP contribution in [0.3, 0.4) is 0 Å². The van der Waals surface area contributed by atoms with E-state index in [0.717, 1.165) is 19.6 Å². The summed E-state index contributed by atoms with van der Waals surface area (Å²) in [5, 5.41) is 3.54. The van der Waals surface area contributed by atoms with Crippen LogP contribution in [0.15, 0.2) is 47.9 Å². The quantitative estimate of drug-likeness (QED) is 0.836. The van der Waals surface area contributed by atoms with Crippen LogP contribution in [0.5, 0.6) is 0 Å². The topological polar surface area (TPSA) is 29.9 Å². The Labute approximate surface area is 112 Å². The molecule has 0 radical (unpaired) electrons. The molecule has 1 aromatic heterocycles. The zero-order valence-electron chi connectivity index (χ0n) is 10.2. The highest BCUT2D eigenvalue weighted by molar-refractivity contribution is 7.99. The molecule has 0 spiro atoms. The Balaban J connectivity index is 1.47. The summed E-state index contributed by atoms with van der Waals surface area (Å²) >= 11 is 1.98. The third-order valence-electron chi connectivity index (χ3n) is 3.30. The average molecular weight is 259 g/mol. The molecule has 2 heterocycles. The van der Waals surface area contributed by atoms with E-state index in [0.29, 0.717) is 5.92 Å². The van der Waals surface area contributed by atoms with Crippen molar-refractivity contribution in [3.8, 4) is 0 Å². The molecule has 0 amide bonds. The van der Waals surface area contributed by atoms with Gasteiger partial charge in [0.1, 0.15) is 0 Å². The standard InChI is InChI=1S/C14H17N3S/c1-2-4-14-13(3-1)12(10-18-14)9-15-5-7-17-8-6-16-11-17/h1-4,6,8,11-12,15H,5,7,9-10H2. The summed E-state index contributed by atoms with van der Waals surface area (Å²) < 4.78 is 2.10. The minimum Gasteiger partial charge on any atom is -0.336 e. The Kier molecular flexibility index (Phi) is 3.67. The molecule has 2 aromatic rings. The molecule has 0 bridgehead atoms. The highest BCUT2D eigenvalue weighted by Crippen LogP contribution is 2.38.